The number of aryl methyl sites for hydroxylation is 1. The molecule has 0 spiro atoms. The molecule has 0 saturated heterocycles. The number of hydrogen-bond donors (Lipinski definition) is 1. The van der Waals surface area contributed by atoms with Crippen LogP contribution in [0.25, 0.3) is 0 Å². The van der Waals surface area contributed by atoms with E-state index in [4.69, 9.17) is 0 Å². The van der Waals surface area contributed by atoms with E-state index in [1.54, 1.807) is 6.20 Å². The predicted molar refractivity (Wildman–Crippen MR) is 71.8 cm³/mol. The summed E-state index contributed by atoms with van der Waals surface area (Å²) in [4.78, 5) is 17.0. The molecular weight excluding hydrogens is 246 g/mol. The van der Waals surface area contributed by atoms with Gasteiger partial charge in [0.05, 0.1) is 0 Å². The number of nitrogens with zero attached hydrogens (tertiary/aromatic N) is 4. The van der Waals surface area contributed by atoms with Gasteiger partial charge in [-0.25, -0.2) is 19.9 Å². The van der Waals surface area contributed by atoms with Crippen molar-refractivity contribution in [2.24, 2.45) is 0 Å². The Morgan fingerprint density at radius 1 is 1.28 bits per heavy atom. The average molecular weight is 261 g/mol. The van der Waals surface area contributed by atoms with Crippen molar-refractivity contribution < 1.29 is 0 Å². The second kappa shape index (κ2) is 5.77. The Labute approximate surface area is 110 Å². The van der Waals surface area contributed by atoms with Crippen molar-refractivity contribution in [3.8, 4) is 0 Å². The summed E-state index contributed by atoms with van der Waals surface area (Å²) in [6, 6.07) is 1.87. The highest BCUT2D eigenvalue weighted by Crippen LogP contribution is 2.29. The molecule has 2 heterocycles. The SMILES string of the molecule is CCNc1nc(C)nc(Sc2ccncn2)c1C. The Balaban J connectivity index is 2.33. The van der Waals surface area contributed by atoms with E-state index in [0.717, 1.165) is 33.8 Å². The lowest BCUT2D eigenvalue weighted by atomic mass is 10.3. The van der Waals surface area contributed by atoms with Crippen LogP contribution < -0.4 is 5.32 Å². The Bertz CT molecular complexity index is 529. The number of anilines is 1. The summed E-state index contributed by atoms with van der Waals surface area (Å²) < 4.78 is 0. The smallest absolute Gasteiger partial charge is 0.133 e. The average Bonchev–Trinajstić information content (AvgIpc) is 2.36. The lowest BCUT2D eigenvalue weighted by Gasteiger charge is -2.11. The second-order valence-corrected chi connectivity index (χ2v) is 4.74. The number of rotatable bonds is 4. The maximum atomic E-state index is 4.46. The van der Waals surface area contributed by atoms with Gasteiger partial charge in [0.25, 0.3) is 0 Å². The van der Waals surface area contributed by atoms with Crippen LogP contribution in [0.5, 0.6) is 0 Å². The van der Waals surface area contributed by atoms with Crippen LogP contribution in [-0.2, 0) is 0 Å². The fraction of sp³-hybridized carbons (Fsp3) is 0.333. The lowest BCUT2D eigenvalue weighted by molar-refractivity contribution is 0.928. The summed E-state index contributed by atoms with van der Waals surface area (Å²) in [6.45, 7) is 6.80. The fourth-order valence-corrected chi connectivity index (χ4v) is 2.33. The van der Waals surface area contributed by atoms with Crippen molar-refractivity contribution in [3.63, 3.8) is 0 Å². The van der Waals surface area contributed by atoms with E-state index in [0.29, 0.717) is 0 Å². The van der Waals surface area contributed by atoms with Gasteiger partial charge in [0, 0.05) is 18.3 Å². The highest BCUT2D eigenvalue weighted by Gasteiger charge is 2.10. The summed E-state index contributed by atoms with van der Waals surface area (Å²) in [5.41, 5.74) is 1.05. The quantitative estimate of drug-likeness (QED) is 0.853. The zero-order chi connectivity index (χ0) is 13.0. The minimum atomic E-state index is 0.758. The van der Waals surface area contributed by atoms with Crippen LogP contribution in [0.15, 0.2) is 28.6 Å². The molecule has 2 rings (SSSR count). The highest BCUT2D eigenvalue weighted by atomic mass is 32.2. The third-order valence-corrected chi connectivity index (χ3v) is 3.35. The molecule has 5 nitrogen and oxygen atoms in total. The summed E-state index contributed by atoms with van der Waals surface area (Å²) in [7, 11) is 0. The molecule has 1 N–H and O–H groups in total. The molecule has 0 unspecified atom stereocenters. The van der Waals surface area contributed by atoms with Gasteiger partial charge < -0.3 is 5.32 Å². The van der Waals surface area contributed by atoms with Crippen LogP contribution in [0.1, 0.15) is 18.3 Å². The molecule has 0 atom stereocenters. The Kier molecular flexibility index (Phi) is 4.09. The van der Waals surface area contributed by atoms with Gasteiger partial charge in [-0.05, 0) is 38.6 Å². The number of hydrogen-bond acceptors (Lipinski definition) is 6. The second-order valence-electron chi connectivity index (χ2n) is 3.73. The van der Waals surface area contributed by atoms with Gasteiger partial charge >= 0.3 is 0 Å². The van der Waals surface area contributed by atoms with Crippen LogP contribution in [-0.4, -0.2) is 26.5 Å². The molecule has 2 aromatic heterocycles. The third-order valence-electron chi connectivity index (χ3n) is 2.31. The van der Waals surface area contributed by atoms with Crippen molar-refractivity contribution in [1.29, 1.82) is 0 Å². The Morgan fingerprint density at radius 2 is 2.11 bits per heavy atom. The molecule has 94 valence electrons. The van der Waals surface area contributed by atoms with Gasteiger partial charge in [-0.3, -0.25) is 0 Å². The van der Waals surface area contributed by atoms with Crippen molar-refractivity contribution in [2.45, 2.75) is 30.8 Å². The van der Waals surface area contributed by atoms with Gasteiger partial charge in [0.2, 0.25) is 0 Å². The van der Waals surface area contributed by atoms with E-state index in [9.17, 15) is 0 Å². The van der Waals surface area contributed by atoms with Crippen molar-refractivity contribution in [1.82, 2.24) is 19.9 Å². The molecule has 0 bridgehead atoms. The van der Waals surface area contributed by atoms with Crippen LogP contribution in [0.2, 0.25) is 0 Å². The topological polar surface area (TPSA) is 63.6 Å². The molecule has 2 aromatic rings. The van der Waals surface area contributed by atoms with Gasteiger partial charge in [-0.15, -0.1) is 0 Å². The lowest BCUT2D eigenvalue weighted by Crippen LogP contribution is -2.05. The molecule has 0 aliphatic rings. The van der Waals surface area contributed by atoms with Crippen LogP contribution in [0.3, 0.4) is 0 Å². The number of nitrogens with one attached hydrogen (secondary N) is 1. The summed E-state index contributed by atoms with van der Waals surface area (Å²) in [5.74, 6) is 1.65. The fourth-order valence-electron chi connectivity index (χ4n) is 1.48. The Morgan fingerprint density at radius 3 is 2.78 bits per heavy atom. The molecule has 0 radical (unpaired) electrons. The van der Waals surface area contributed by atoms with Crippen LogP contribution in [0.4, 0.5) is 5.82 Å². The van der Waals surface area contributed by atoms with Crippen LogP contribution in [0, 0.1) is 13.8 Å². The molecule has 18 heavy (non-hydrogen) atoms. The first-order valence-electron chi connectivity index (χ1n) is 5.73. The molecule has 0 aliphatic carbocycles. The number of aromatic nitrogens is 4. The van der Waals surface area contributed by atoms with E-state index < -0.39 is 0 Å². The minimum absolute atomic E-state index is 0.758. The first-order valence-corrected chi connectivity index (χ1v) is 6.55. The van der Waals surface area contributed by atoms with Gasteiger partial charge in [-0.2, -0.15) is 0 Å². The van der Waals surface area contributed by atoms with Crippen molar-refractivity contribution >= 4 is 17.6 Å². The molecule has 0 aromatic carbocycles. The molecule has 0 fully saturated rings. The molecule has 6 heteroatoms. The first-order chi connectivity index (χ1) is 8.70. The van der Waals surface area contributed by atoms with Crippen molar-refractivity contribution in [2.75, 3.05) is 11.9 Å². The highest BCUT2D eigenvalue weighted by molar-refractivity contribution is 7.99. The van der Waals surface area contributed by atoms with E-state index in [-0.39, 0.29) is 0 Å². The van der Waals surface area contributed by atoms with E-state index in [1.165, 1.54) is 18.1 Å². The standard InChI is InChI=1S/C12H15N5S/c1-4-14-11-8(2)12(17-9(3)16-11)18-10-5-6-13-7-15-10/h5-7H,4H2,1-3H3,(H,14,16,17). The molecule has 0 amide bonds. The Hall–Kier alpha value is -1.69. The summed E-state index contributed by atoms with van der Waals surface area (Å²) >= 11 is 1.53. The monoisotopic (exact) mass is 261 g/mol. The van der Waals surface area contributed by atoms with Gasteiger partial charge in [0.15, 0.2) is 0 Å². The van der Waals surface area contributed by atoms with E-state index >= 15 is 0 Å². The first kappa shape index (κ1) is 12.8. The zero-order valence-electron chi connectivity index (χ0n) is 10.6. The summed E-state index contributed by atoms with van der Waals surface area (Å²) in [6.07, 6.45) is 3.26. The zero-order valence-corrected chi connectivity index (χ0v) is 11.5. The van der Waals surface area contributed by atoms with E-state index in [1.807, 2.05) is 26.8 Å². The maximum absolute atomic E-state index is 4.46. The molecule has 0 aliphatic heterocycles. The van der Waals surface area contributed by atoms with Gasteiger partial charge in [0.1, 0.15) is 28.0 Å². The van der Waals surface area contributed by atoms with Gasteiger partial charge in [-0.1, -0.05) is 0 Å². The van der Waals surface area contributed by atoms with E-state index in [2.05, 4.69) is 25.3 Å². The molecule has 0 saturated carbocycles. The predicted octanol–water partition coefficient (Wildman–Crippen LogP) is 2.47. The van der Waals surface area contributed by atoms with Crippen LogP contribution >= 0.6 is 11.8 Å². The largest absolute Gasteiger partial charge is 0.370 e. The van der Waals surface area contributed by atoms with Crippen molar-refractivity contribution in [3.05, 3.63) is 30.0 Å². The molecular formula is C12H15N5S. The normalized spacial score (nSPS) is 10.4. The maximum Gasteiger partial charge on any atom is 0.133 e. The summed E-state index contributed by atoms with van der Waals surface area (Å²) in [5, 5.41) is 5.06. The minimum Gasteiger partial charge on any atom is -0.370 e. The third kappa shape index (κ3) is 2.95.